The largest absolute Gasteiger partial charge is 0.497 e. The van der Waals surface area contributed by atoms with E-state index in [1.165, 1.54) is 13.2 Å². The van der Waals surface area contributed by atoms with Gasteiger partial charge in [-0.1, -0.05) is 60.7 Å². The standard InChI is InChI=1S/C28H22F3N3O4/c1-37-20-12-13-21-22(14-20)25(19-10-6-3-7-11-19)23(15-32)34(26(21)35)17-24(38-27(36)28(29,30)31)33-16-18-8-4-2-5-9-18/h2-14,24,33H,16-17H2,1H3. The maximum absolute atomic E-state index is 13.6. The first kappa shape index (κ1) is 26.4. The van der Waals surface area contributed by atoms with Crippen LogP contribution in [0, 0.1) is 11.3 Å². The summed E-state index contributed by atoms with van der Waals surface area (Å²) < 4.78 is 50.3. The molecule has 0 radical (unpaired) electrons. The number of pyridine rings is 1. The highest BCUT2D eigenvalue weighted by molar-refractivity contribution is 5.99. The van der Waals surface area contributed by atoms with E-state index >= 15 is 0 Å². The maximum Gasteiger partial charge on any atom is 0.490 e. The minimum atomic E-state index is -5.25. The van der Waals surface area contributed by atoms with Crippen molar-refractivity contribution in [1.29, 1.82) is 5.26 Å². The number of alkyl halides is 3. The Balaban J connectivity index is 1.86. The van der Waals surface area contributed by atoms with Crippen molar-refractivity contribution in [3.05, 3.63) is 100 Å². The fraction of sp³-hybridized carbons (Fsp3) is 0.179. The summed E-state index contributed by atoms with van der Waals surface area (Å²) in [4.78, 5) is 25.3. The molecule has 1 atom stereocenters. The normalized spacial score (nSPS) is 12.1. The van der Waals surface area contributed by atoms with Crippen LogP contribution in [0.25, 0.3) is 21.9 Å². The van der Waals surface area contributed by atoms with Gasteiger partial charge in [-0.15, -0.1) is 0 Å². The molecule has 0 bridgehead atoms. The quantitative estimate of drug-likeness (QED) is 0.265. The number of carbonyl (C=O) groups excluding carboxylic acids is 1. The van der Waals surface area contributed by atoms with Gasteiger partial charge in [0.1, 0.15) is 17.5 Å². The van der Waals surface area contributed by atoms with Crippen molar-refractivity contribution in [3.63, 3.8) is 0 Å². The number of fused-ring (bicyclic) bond motifs is 1. The Kier molecular flexibility index (Phi) is 7.79. The van der Waals surface area contributed by atoms with E-state index in [0.717, 1.165) is 4.57 Å². The van der Waals surface area contributed by atoms with Crippen molar-refractivity contribution < 1.29 is 27.4 Å². The van der Waals surface area contributed by atoms with E-state index < -0.39 is 30.5 Å². The van der Waals surface area contributed by atoms with Gasteiger partial charge in [0.2, 0.25) is 0 Å². The highest BCUT2D eigenvalue weighted by Crippen LogP contribution is 2.32. The van der Waals surface area contributed by atoms with E-state index in [1.807, 2.05) is 6.07 Å². The second kappa shape index (κ2) is 11.2. The molecule has 1 unspecified atom stereocenters. The van der Waals surface area contributed by atoms with E-state index in [4.69, 9.17) is 9.47 Å². The van der Waals surface area contributed by atoms with Gasteiger partial charge < -0.3 is 9.47 Å². The van der Waals surface area contributed by atoms with Crippen molar-refractivity contribution in [2.75, 3.05) is 7.11 Å². The predicted octanol–water partition coefficient (Wildman–Crippen LogP) is 4.77. The Morgan fingerprint density at radius 1 is 1.03 bits per heavy atom. The Labute approximate surface area is 215 Å². The lowest BCUT2D eigenvalue weighted by Crippen LogP contribution is -2.43. The zero-order valence-electron chi connectivity index (χ0n) is 20.2. The molecule has 0 spiro atoms. The Bertz CT molecular complexity index is 1550. The lowest BCUT2D eigenvalue weighted by Gasteiger charge is -2.23. The summed E-state index contributed by atoms with van der Waals surface area (Å²) in [6.45, 7) is -0.498. The van der Waals surface area contributed by atoms with Crippen molar-refractivity contribution in [2.24, 2.45) is 0 Å². The Hall–Kier alpha value is -4.62. The van der Waals surface area contributed by atoms with Gasteiger partial charge in [-0.2, -0.15) is 18.4 Å². The molecule has 0 aliphatic rings. The second-order valence-electron chi connectivity index (χ2n) is 8.29. The van der Waals surface area contributed by atoms with E-state index in [9.17, 15) is 28.0 Å². The third kappa shape index (κ3) is 5.68. The number of nitriles is 1. The molecule has 38 heavy (non-hydrogen) atoms. The maximum atomic E-state index is 13.6. The van der Waals surface area contributed by atoms with E-state index in [1.54, 1.807) is 72.8 Å². The van der Waals surface area contributed by atoms with Crippen LogP contribution in [0.1, 0.15) is 11.3 Å². The van der Waals surface area contributed by atoms with Crippen LogP contribution in [0.2, 0.25) is 0 Å². The average molecular weight is 521 g/mol. The van der Waals surface area contributed by atoms with Crippen molar-refractivity contribution in [3.8, 4) is 22.9 Å². The molecule has 194 valence electrons. The summed E-state index contributed by atoms with van der Waals surface area (Å²) in [5.41, 5.74) is 0.983. The smallest absolute Gasteiger partial charge is 0.490 e. The fourth-order valence-corrected chi connectivity index (χ4v) is 4.07. The zero-order chi connectivity index (χ0) is 27.3. The van der Waals surface area contributed by atoms with Gasteiger partial charge in [0, 0.05) is 22.9 Å². The molecule has 0 saturated heterocycles. The molecule has 4 aromatic rings. The lowest BCUT2D eigenvalue weighted by molar-refractivity contribution is -0.207. The summed E-state index contributed by atoms with van der Waals surface area (Å²) in [6, 6.07) is 24.3. The van der Waals surface area contributed by atoms with Crippen LogP contribution < -0.4 is 15.6 Å². The number of benzene rings is 3. The number of methoxy groups -OCH3 is 1. The van der Waals surface area contributed by atoms with Crippen molar-refractivity contribution in [1.82, 2.24) is 9.88 Å². The van der Waals surface area contributed by atoms with Crippen LogP contribution >= 0.6 is 0 Å². The second-order valence-corrected chi connectivity index (χ2v) is 8.29. The molecule has 0 saturated carbocycles. The minimum absolute atomic E-state index is 0.0452. The van der Waals surface area contributed by atoms with Crippen LogP contribution in [0.3, 0.4) is 0 Å². The highest BCUT2D eigenvalue weighted by atomic mass is 19.4. The first-order valence-electron chi connectivity index (χ1n) is 11.5. The third-order valence-corrected chi connectivity index (χ3v) is 5.85. The molecule has 7 nitrogen and oxygen atoms in total. The number of nitrogens with one attached hydrogen (secondary N) is 1. The van der Waals surface area contributed by atoms with E-state index in [0.29, 0.717) is 27.8 Å². The molecule has 0 aliphatic heterocycles. The molecule has 3 aromatic carbocycles. The van der Waals surface area contributed by atoms with Gasteiger partial charge in [-0.05, 0) is 29.3 Å². The van der Waals surface area contributed by atoms with Crippen molar-refractivity contribution >= 4 is 16.7 Å². The van der Waals surface area contributed by atoms with Crippen molar-refractivity contribution in [2.45, 2.75) is 25.5 Å². The molecular formula is C28H22F3N3O4. The average Bonchev–Trinajstić information content (AvgIpc) is 2.93. The van der Waals surface area contributed by atoms with Gasteiger partial charge >= 0.3 is 12.1 Å². The molecule has 0 aliphatic carbocycles. The lowest BCUT2D eigenvalue weighted by atomic mass is 9.96. The number of nitrogens with zero attached hydrogens (tertiary/aromatic N) is 2. The number of esters is 1. The molecular weight excluding hydrogens is 499 g/mol. The van der Waals surface area contributed by atoms with Crippen LogP contribution in [0.4, 0.5) is 13.2 Å². The number of aromatic nitrogens is 1. The highest BCUT2D eigenvalue weighted by Gasteiger charge is 2.42. The van der Waals surface area contributed by atoms with E-state index in [-0.39, 0.29) is 17.6 Å². The Morgan fingerprint density at radius 3 is 2.29 bits per heavy atom. The number of halogens is 3. The monoisotopic (exact) mass is 521 g/mol. The summed E-state index contributed by atoms with van der Waals surface area (Å²) in [7, 11) is 1.47. The molecule has 10 heteroatoms. The van der Waals surface area contributed by atoms with Crippen LogP contribution in [-0.2, 0) is 22.6 Å². The summed E-state index contributed by atoms with van der Waals surface area (Å²) in [5.74, 6) is -1.96. The van der Waals surface area contributed by atoms with Gasteiger partial charge in [-0.3, -0.25) is 14.7 Å². The number of hydrogen-bond donors (Lipinski definition) is 1. The first-order chi connectivity index (χ1) is 18.2. The third-order valence-electron chi connectivity index (χ3n) is 5.85. The minimum Gasteiger partial charge on any atom is -0.497 e. The van der Waals surface area contributed by atoms with Crippen LogP contribution in [0.15, 0.2) is 83.7 Å². The zero-order valence-corrected chi connectivity index (χ0v) is 20.2. The summed E-state index contributed by atoms with van der Waals surface area (Å²) >= 11 is 0. The number of carbonyl (C=O) groups is 1. The number of ether oxygens (including phenoxy) is 2. The molecule has 1 N–H and O–H groups in total. The van der Waals surface area contributed by atoms with E-state index in [2.05, 4.69) is 5.32 Å². The number of rotatable bonds is 8. The summed E-state index contributed by atoms with van der Waals surface area (Å²) in [5, 5.41) is 13.6. The fourth-order valence-electron chi connectivity index (χ4n) is 4.07. The van der Waals surface area contributed by atoms with Gasteiger partial charge in [0.25, 0.3) is 5.56 Å². The molecule has 1 heterocycles. The molecule has 0 amide bonds. The van der Waals surface area contributed by atoms with Gasteiger partial charge in [-0.25, -0.2) is 4.79 Å². The predicted molar refractivity (Wildman–Crippen MR) is 134 cm³/mol. The molecule has 1 aromatic heterocycles. The van der Waals surface area contributed by atoms with Gasteiger partial charge in [0.15, 0.2) is 6.23 Å². The molecule has 0 fully saturated rings. The van der Waals surface area contributed by atoms with Gasteiger partial charge in [0.05, 0.1) is 13.7 Å². The molecule has 4 rings (SSSR count). The number of hydrogen-bond acceptors (Lipinski definition) is 6. The summed E-state index contributed by atoms with van der Waals surface area (Å²) in [6.07, 6.45) is -6.82. The Morgan fingerprint density at radius 2 is 1.68 bits per heavy atom. The SMILES string of the molecule is COc1ccc2c(=O)n(CC(NCc3ccccc3)OC(=O)C(F)(F)F)c(C#N)c(-c3ccccc3)c2c1. The first-order valence-corrected chi connectivity index (χ1v) is 11.5. The topological polar surface area (TPSA) is 93.3 Å². The van der Waals surface area contributed by atoms with Crippen LogP contribution in [-0.4, -0.2) is 30.1 Å². The van der Waals surface area contributed by atoms with Crippen LogP contribution in [0.5, 0.6) is 5.75 Å².